The summed E-state index contributed by atoms with van der Waals surface area (Å²) in [5, 5.41) is 13.9. The van der Waals surface area contributed by atoms with E-state index < -0.39 is 5.60 Å². The topological polar surface area (TPSA) is 41.5 Å². The van der Waals surface area contributed by atoms with Gasteiger partial charge in [0.25, 0.3) is 0 Å². The first-order chi connectivity index (χ1) is 9.16. The van der Waals surface area contributed by atoms with E-state index in [0.717, 1.165) is 18.4 Å². The van der Waals surface area contributed by atoms with Gasteiger partial charge in [0.05, 0.1) is 5.60 Å². The van der Waals surface area contributed by atoms with Crippen molar-refractivity contribution in [1.82, 2.24) is 5.32 Å². The van der Waals surface area contributed by atoms with Gasteiger partial charge in [0.15, 0.2) is 0 Å². The van der Waals surface area contributed by atoms with Gasteiger partial charge in [-0.15, -0.1) is 0 Å². The van der Waals surface area contributed by atoms with Crippen LogP contribution in [0.3, 0.4) is 0 Å². The number of benzene rings is 1. The van der Waals surface area contributed by atoms with Crippen LogP contribution in [-0.2, 0) is 11.2 Å². The molecule has 3 rings (SSSR count). The van der Waals surface area contributed by atoms with E-state index in [1.165, 1.54) is 11.6 Å². The zero-order chi connectivity index (χ0) is 13.3. The van der Waals surface area contributed by atoms with Crippen LogP contribution in [0.15, 0.2) is 18.2 Å². The highest BCUT2D eigenvalue weighted by atomic mass is 19.1. The molecule has 1 aromatic rings. The van der Waals surface area contributed by atoms with E-state index in [-0.39, 0.29) is 11.9 Å². The van der Waals surface area contributed by atoms with Crippen LogP contribution in [0.4, 0.5) is 4.39 Å². The summed E-state index contributed by atoms with van der Waals surface area (Å²) >= 11 is 0. The summed E-state index contributed by atoms with van der Waals surface area (Å²) in [4.78, 5) is 0. The number of ether oxygens (including phenoxy) is 1. The molecule has 1 aliphatic carbocycles. The third-order valence-corrected chi connectivity index (χ3v) is 4.28. The van der Waals surface area contributed by atoms with E-state index in [9.17, 15) is 9.50 Å². The van der Waals surface area contributed by atoms with Crippen molar-refractivity contribution >= 4 is 0 Å². The number of hydrogen-bond donors (Lipinski definition) is 2. The van der Waals surface area contributed by atoms with Gasteiger partial charge in [-0.3, -0.25) is 0 Å². The molecule has 0 radical (unpaired) electrons. The summed E-state index contributed by atoms with van der Waals surface area (Å²) in [5.41, 5.74) is 1.62. The predicted molar refractivity (Wildman–Crippen MR) is 70.5 cm³/mol. The van der Waals surface area contributed by atoms with Crippen LogP contribution in [0.5, 0.6) is 0 Å². The number of rotatable bonds is 3. The second kappa shape index (κ2) is 5.19. The molecule has 1 saturated heterocycles. The Bertz CT molecular complexity index is 457. The molecule has 0 saturated carbocycles. The Morgan fingerprint density at radius 1 is 1.37 bits per heavy atom. The van der Waals surface area contributed by atoms with Crippen LogP contribution in [0.2, 0.25) is 0 Å². The van der Waals surface area contributed by atoms with Crippen molar-refractivity contribution in [3.05, 3.63) is 35.1 Å². The molecular weight excluding hydrogens is 245 g/mol. The highest BCUT2D eigenvalue weighted by Crippen LogP contribution is 2.32. The molecule has 0 bridgehead atoms. The monoisotopic (exact) mass is 265 g/mol. The molecule has 1 aromatic carbocycles. The fourth-order valence-corrected chi connectivity index (χ4v) is 3.04. The fourth-order valence-electron chi connectivity index (χ4n) is 3.04. The van der Waals surface area contributed by atoms with Gasteiger partial charge in [0.1, 0.15) is 5.82 Å². The second-order valence-corrected chi connectivity index (χ2v) is 5.65. The predicted octanol–water partition coefficient (Wildman–Crippen LogP) is 1.94. The maximum absolute atomic E-state index is 13.2. The van der Waals surface area contributed by atoms with Crippen molar-refractivity contribution in [3.63, 3.8) is 0 Å². The summed E-state index contributed by atoms with van der Waals surface area (Å²) in [5.74, 6) is -0.164. The van der Waals surface area contributed by atoms with E-state index in [0.29, 0.717) is 32.6 Å². The first-order valence-electron chi connectivity index (χ1n) is 6.98. The molecule has 0 amide bonds. The van der Waals surface area contributed by atoms with Gasteiger partial charge >= 0.3 is 0 Å². The first-order valence-corrected chi connectivity index (χ1v) is 6.98. The van der Waals surface area contributed by atoms with Gasteiger partial charge in [-0.25, -0.2) is 4.39 Å². The molecule has 2 N–H and O–H groups in total. The zero-order valence-electron chi connectivity index (χ0n) is 11.0. The van der Waals surface area contributed by atoms with Crippen LogP contribution in [0, 0.1) is 5.82 Å². The number of halogens is 1. The van der Waals surface area contributed by atoms with E-state index in [4.69, 9.17) is 4.74 Å². The largest absolute Gasteiger partial charge is 0.388 e. The summed E-state index contributed by atoms with van der Waals surface area (Å²) in [7, 11) is 0. The highest BCUT2D eigenvalue weighted by molar-refractivity contribution is 5.35. The molecule has 19 heavy (non-hydrogen) atoms. The van der Waals surface area contributed by atoms with Gasteiger partial charge in [0, 0.05) is 38.6 Å². The van der Waals surface area contributed by atoms with E-state index in [1.807, 2.05) is 6.07 Å². The maximum atomic E-state index is 13.2. The van der Waals surface area contributed by atoms with Gasteiger partial charge in [-0.1, -0.05) is 6.07 Å². The molecule has 1 heterocycles. The molecule has 0 aromatic heterocycles. The van der Waals surface area contributed by atoms with E-state index in [2.05, 4.69) is 5.32 Å². The van der Waals surface area contributed by atoms with Crippen LogP contribution in [0.1, 0.15) is 36.4 Å². The lowest BCUT2D eigenvalue weighted by Gasteiger charge is -2.33. The molecule has 0 spiro atoms. The van der Waals surface area contributed by atoms with Gasteiger partial charge < -0.3 is 15.2 Å². The van der Waals surface area contributed by atoms with Crippen molar-refractivity contribution < 1.29 is 14.2 Å². The van der Waals surface area contributed by atoms with Crippen molar-refractivity contribution in [2.45, 2.75) is 37.3 Å². The third-order valence-electron chi connectivity index (χ3n) is 4.28. The van der Waals surface area contributed by atoms with Crippen molar-refractivity contribution in [2.75, 3.05) is 19.8 Å². The average molecular weight is 265 g/mol. The van der Waals surface area contributed by atoms with E-state index in [1.54, 1.807) is 6.07 Å². The Hall–Kier alpha value is -0.970. The lowest BCUT2D eigenvalue weighted by atomic mass is 9.94. The maximum Gasteiger partial charge on any atom is 0.123 e. The van der Waals surface area contributed by atoms with Crippen molar-refractivity contribution in [1.29, 1.82) is 0 Å². The molecule has 4 heteroatoms. The smallest absolute Gasteiger partial charge is 0.123 e. The molecular formula is C15H20FNO2. The highest BCUT2D eigenvalue weighted by Gasteiger charge is 2.31. The quantitative estimate of drug-likeness (QED) is 0.877. The SMILES string of the molecule is OC1(CNC2CCc3cc(F)ccc32)CCOCC1. The number of fused-ring (bicyclic) bond motifs is 1. The van der Waals surface area contributed by atoms with Crippen LogP contribution >= 0.6 is 0 Å². The number of nitrogens with one attached hydrogen (secondary N) is 1. The van der Waals surface area contributed by atoms with Crippen LogP contribution < -0.4 is 5.32 Å². The minimum absolute atomic E-state index is 0.164. The number of aryl methyl sites for hydroxylation is 1. The number of hydrogen-bond acceptors (Lipinski definition) is 3. The average Bonchev–Trinajstić information content (AvgIpc) is 2.79. The lowest BCUT2D eigenvalue weighted by Crippen LogP contribution is -2.45. The molecule has 1 atom stereocenters. The normalized spacial score (nSPS) is 25.3. The molecule has 3 nitrogen and oxygen atoms in total. The summed E-state index contributed by atoms with van der Waals surface area (Å²) < 4.78 is 18.4. The minimum atomic E-state index is -0.652. The van der Waals surface area contributed by atoms with E-state index >= 15 is 0 Å². The number of aliphatic hydroxyl groups is 1. The van der Waals surface area contributed by atoms with Crippen LogP contribution in [-0.4, -0.2) is 30.5 Å². The van der Waals surface area contributed by atoms with Crippen molar-refractivity contribution in [2.24, 2.45) is 0 Å². The molecule has 1 fully saturated rings. The second-order valence-electron chi connectivity index (χ2n) is 5.65. The van der Waals surface area contributed by atoms with Gasteiger partial charge in [0.2, 0.25) is 0 Å². The molecule has 2 aliphatic rings. The molecule has 1 unspecified atom stereocenters. The lowest BCUT2D eigenvalue weighted by molar-refractivity contribution is -0.0628. The Balaban J connectivity index is 1.63. The summed E-state index contributed by atoms with van der Waals surface area (Å²) in [6.07, 6.45) is 3.25. The Morgan fingerprint density at radius 2 is 2.16 bits per heavy atom. The molecule has 1 aliphatic heterocycles. The Kier molecular flexibility index (Phi) is 3.56. The summed E-state index contributed by atoms with van der Waals surface area (Å²) in [6, 6.07) is 5.24. The molecule has 104 valence electrons. The Labute approximate surface area is 112 Å². The zero-order valence-corrected chi connectivity index (χ0v) is 11.0. The standard InChI is InChI=1S/C15H20FNO2/c16-12-2-3-13-11(9-12)1-4-14(13)17-10-15(18)5-7-19-8-6-15/h2-3,9,14,17-18H,1,4-8,10H2. The fraction of sp³-hybridized carbons (Fsp3) is 0.600. The minimum Gasteiger partial charge on any atom is -0.388 e. The third kappa shape index (κ3) is 2.81. The van der Waals surface area contributed by atoms with Gasteiger partial charge in [-0.05, 0) is 36.1 Å². The van der Waals surface area contributed by atoms with Gasteiger partial charge in [-0.2, -0.15) is 0 Å². The van der Waals surface area contributed by atoms with Crippen molar-refractivity contribution in [3.8, 4) is 0 Å². The van der Waals surface area contributed by atoms with Crippen LogP contribution in [0.25, 0.3) is 0 Å². The first kappa shape index (κ1) is 13.0. The Morgan fingerprint density at radius 3 is 2.95 bits per heavy atom. The summed E-state index contributed by atoms with van der Waals surface area (Å²) in [6.45, 7) is 1.84.